The summed E-state index contributed by atoms with van der Waals surface area (Å²) in [7, 11) is 0. The van der Waals surface area contributed by atoms with E-state index in [1.54, 1.807) is 0 Å². The van der Waals surface area contributed by atoms with Crippen LogP contribution in [0, 0.1) is 0 Å². The Morgan fingerprint density at radius 3 is 0.942 bits per heavy atom. The van der Waals surface area contributed by atoms with E-state index in [1.807, 2.05) is 0 Å². The molecule has 69 heavy (non-hydrogen) atoms. The van der Waals surface area contributed by atoms with Crippen molar-refractivity contribution in [1.82, 2.24) is 0 Å². The van der Waals surface area contributed by atoms with Gasteiger partial charge in [0.15, 0.2) is 6.10 Å². The van der Waals surface area contributed by atoms with Crippen molar-refractivity contribution in [2.45, 2.75) is 232 Å². The van der Waals surface area contributed by atoms with Crippen molar-refractivity contribution < 1.29 is 28.6 Å². The van der Waals surface area contributed by atoms with Gasteiger partial charge in [-0.1, -0.05) is 219 Å². The summed E-state index contributed by atoms with van der Waals surface area (Å²) in [5, 5.41) is 0. The van der Waals surface area contributed by atoms with E-state index in [0.29, 0.717) is 19.3 Å². The minimum atomic E-state index is -0.820. The molecular weight excluding hydrogens is 853 g/mol. The molecule has 0 heterocycles. The second-order valence-electron chi connectivity index (χ2n) is 17.7. The van der Waals surface area contributed by atoms with E-state index >= 15 is 0 Å². The standard InChI is InChI=1S/C63H100O6/c1-4-7-10-13-16-19-22-25-28-29-30-31-32-33-34-35-36-39-41-44-47-50-53-56-62(65)68-59-60(69-63(66)57-54-51-48-45-42-38-27-24-21-18-15-12-9-6-3)58-67-61(64)55-52-49-46-43-40-37-26-23-20-17-14-11-8-5-2/h7,10,14-19,23-28,30-31,33-34,36,39,44,47,60H,4-6,8-9,11-13,20-22,29,32,35,37-38,40-43,45-46,48-59H2,1-3H3/b10-7-,17-14-,18-15-,19-16-,26-23-,27-24-,28-25-,31-30-,34-33-,39-36-,47-44-. The van der Waals surface area contributed by atoms with Crippen LogP contribution in [0.2, 0.25) is 0 Å². The van der Waals surface area contributed by atoms with E-state index in [-0.39, 0.29) is 37.5 Å². The Kier molecular flexibility index (Phi) is 52.5. The first kappa shape index (κ1) is 64.5. The Labute approximate surface area is 424 Å². The maximum atomic E-state index is 12.8. The highest BCUT2D eigenvalue weighted by atomic mass is 16.6. The summed E-state index contributed by atoms with van der Waals surface area (Å²) in [5.41, 5.74) is 0. The molecule has 1 unspecified atom stereocenters. The summed E-state index contributed by atoms with van der Waals surface area (Å²) < 4.78 is 16.8. The third-order valence-corrected chi connectivity index (χ3v) is 11.1. The monoisotopic (exact) mass is 953 g/mol. The molecule has 0 bridgehead atoms. The van der Waals surface area contributed by atoms with Gasteiger partial charge in [-0.15, -0.1) is 0 Å². The number of allylic oxidation sites excluding steroid dienone is 22. The van der Waals surface area contributed by atoms with Gasteiger partial charge in [-0.2, -0.15) is 0 Å². The Hall–Kier alpha value is -4.45. The topological polar surface area (TPSA) is 78.9 Å². The molecule has 388 valence electrons. The van der Waals surface area contributed by atoms with E-state index in [2.05, 4.69) is 154 Å². The molecule has 0 rings (SSSR count). The molecule has 0 fully saturated rings. The summed E-state index contributed by atoms with van der Waals surface area (Å²) in [6.07, 6.45) is 78.7. The molecule has 6 nitrogen and oxygen atoms in total. The van der Waals surface area contributed by atoms with Crippen LogP contribution < -0.4 is 0 Å². The summed E-state index contributed by atoms with van der Waals surface area (Å²) in [6.45, 7) is 6.35. The number of hydrogen-bond donors (Lipinski definition) is 0. The van der Waals surface area contributed by atoms with Crippen LogP contribution in [0.15, 0.2) is 134 Å². The van der Waals surface area contributed by atoms with Crippen LogP contribution in [-0.2, 0) is 28.6 Å². The maximum absolute atomic E-state index is 12.8. The molecule has 0 aromatic rings. The number of carbonyl (C=O) groups excluding carboxylic acids is 3. The van der Waals surface area contributed by atoms with Crippen LogP contribution in [0.5, 0.6) is 0 Å². The minimum absolute atomic E-state index is 0.114. The van der Waals surface area contributed by atoms with Gasteiger partial charge in [0, 0.05) is 19.3 Å². The van der Waals surface area contributed by atoms with E-state index in [1.165, 1.54) is 38.5 Å². The van der Waals surface area contributed by atoms with Crippen molar-refractivity contribution in [2.75, 3.05) is 13.2 Å². The van der Waals surface area contributed by atoms with Crippen LogP contribution in [-0.4, -0.2) is 37.2 Å². The quantitative estimate of drug-likeness (QED) is 0.0262. The third-order valence-electron chi connectivity index (χ3n) is 11.1. The van der Waals surface area contributed by atoms with Crippen molar-refractivity contribution >= 4 is 17.9 Å². The van der Waals surface area contributed by atoms with Gasteiger partial charge in [0.25, 0.3) is 0 Å². The molecule has 0 radical (unpaired) electrons. The van der Waals surface area contributed by atoms with Crippen LogP contribution in [0.4, 0.5) is 0 Å². The number of ether oxygens (including phenoxy) is 3. The van der Waals surface area contributed by atoms with Gasteiger partial charge in [0.05, 0.1) is 0 Å². The average molecular weight is 953 g/mol. The fraction of sp³-hybridized carbons (Fsp3) is 0.603. The Balaban J connectivity index is 4.52. The fourth-order valence-electron chi connectivity index (χ4n) is 6.93. The molecular formula is C63H100O6. The van der Waals surface area contributed by atoms with Crippen LogP contribution >= 0.6 is 0 Å². The number of esters is 3. The summed E-state index contributed by atoms with van der Waals surface area (Å²) in [4.78, 5) is 38.1. The highest BCUT2D eigenvalue weighted by molar-refractivity contribution is 5.71. The Morgan fingerprint density at radius 1 is 0.304 bits per heavy atom. The summed E-state index contributed by atoms with van der Waals surface area (Å²) >= 11 is 0. The largest absolute Gasteiger partial charge is 0.462 e. The van der Waals surface area contributed by atoms with E-state index in [0.717, 1.165) is 141 Å². The van der Waals surface area contributed by atoms with Gasteiger partial charge in [0.1, 0.15) is 13.2 Å². The molecule has 0 aliphatic heterocycles. The first-order chi connectivity index (χ1) is 34.0. The molecule has 0 aliphatic rings. The molecule has 0 spiro atoms. The van der Waals surface area contributed by atoms with Gasteiger partial charge in [0.2, 0.25) is 0 Å². The number of carbonyl (C=O) groups is 3. The summed E-state index contributed by atoms with van der Waals surface area (Å²) in [5.74, 6) is -1.01. The molecule has 6 heteroatoms. The van der Waals surface area contributed by atoms with Crippen LogP contribution in [0.3, 0.4) is 0 Å². The lowest BCUT2D eigenvalue weighted by Crippen LogP contribution is -2.30. The van der Waals surface area contributed by atoms with Crippen LogP contribution in [0.25, 0.3) is 0 Å². The Morgan fingerprint density at radius 2 is 0.580 bits per heavy atom. The molecule has 0 saturated carbocycles. The second-order valence-corrected chi connectivity index (χ2v) is 17.7. The van der Waals surface area contributed by atoms with Crippen molar-refractivity contribution in [3.05, 3.63) is 134 Å². The smallest absolute Gasteiger partial charge is 0.306 e. The number of rotatable bonds is 48. The minimum Gasteiger partial charge on any atom is -0.462 e. The number of hydrogen-bond acceptors (Lipinski definition) is 6. The van der Waals surface area contributed by atoms with E-state index < -0.39 is 6.10 Å². The summed E-state index contributed by atoms with van der Waals surface area (Å²) in [6, 6.07) is 0. The van der Waals surface area contributed by atoms with E-state index in [4.69, 9.17) is 14.2 Å². The lowest BCUT2D eigenvalue weighted by atomic mass is 10.1. The van der Waals surface area contributed by atoms with Gasteiger partial charge in [-0.25, -0.2) is 0 Å². The van der Waals surface area contributed by atoms with Crippen molar-refractivity contribution in [1.29, 1.82) is 0 Å². The highest BCUT2D eigenvalue weighted by Gasteiger charge is 2.19. The van der Waals surface area contributed by atoms with Crippen LogP contribution in [0.1, 0.15) is 226 Å². The first-order valence-corrected chi connectivity index (χ1v) is 27.7. The van der Waals surface area contributed by atoms with Gasteiger partial charge in [-0.05, 0) is 122 Å². The zero-order valence-electron chi connectivity index (χ0n) is 44.3. The van der Waals surface area contributed by atoms with Crippen molar-refractivity contribution in [3.8, 4) is 0 Å². The first-order valence-electron chi connectivity index (χ1n) is 27.7. The highest BCUT2D eigenvalue weighted by Crippen LogP contribution is 2.12. The molecule has 0 amide bonds. The maximum Gasteiger partial charge on any atom is 0.306 e. The lowest BCUT2D eigenvalue weighted by Gasteiger charge is -2.18. The molecule has 0 aromatic heterocycles. The third kappa shape index (κ3) is 54.4. The predicted octanol–water partition coefficient (Wildman–Crippen LogP) is 18.6. The molecule has 0 saturated heterocycles. The molecule has 1 atom stereocenters. The molecule has 0 N–H and O–H groups in total. The molecule has 0 aromatic carbocycles. The van der Waals surface area contributed by atoms with Gasteiger partial charge >= 0.3 is 17.9 Å². The Bertz CT molecular complexity index is 1510. The SMILES string of the molecule is CC/C=C\C/C=C\C/C=C\C/C=C\C/C=C\C/C=C\C/C=C\CCCC(=O)OCC(COC(=O)CCCCCCC/C=C\C/C=C\CCCC)OC(=O)CCCCCCC/C=C\C/C=C\CCCC. The van der Waals surface area contributed by atoms with Gasteiger partial charge in [-0.3, -0.25) is 14.4 Å². The van der Waals surface area contributed by atoms with Crippen molar-refractivity contribution in [3.63, 3.8) is 0 Å². The molecule has 0 aliphatic carbocycles. The normalized spacial score (nSPS) is 13.1. The fourth-order valence-corrected chi connectivity index (χ4v) is 6.93. The second kappa shape index (κ2) is 56.1. The van der Waals surface area contributed by atoms with Gasteiger partial charge < -0.3 is 14.2 Å². The predicted molar refractivity (Wildman–Crippen MR) is 297 cm³/mol. The van der Waals surface area contributed by atoms with Crippen molar-refractivity contribution in [2.24, 2.45) is 0 Å². The lowest BCUT2D eigenvalue weighted by molar-refractivity contribution is -0.167. The van der Waals surface area contributed by atoms with E-state index in [9.17, 15) is 14.4 Å². The zero-order chi connectivity index (χ0) is 50.0. The number of unbranched alkanes of at least 4 members (excludes halogenated alkanes) is 15. The average Bonchev–Trinajstić information content (AvgIpc) is 3.35. The zero-order valence-corrected chi connectivity index (χ0v) is 44.3.